The maximum absolute atomic E-state index is 9.86. The van der Waals surface area contributed by atoms with Gasteiger partial charge in [-0.15, -0.1) is 0 Å². The van der Waals surface area contributed by atoms with Crippen LogP contribution < -0.4 is 4.74 Å². The standard InChI is InChI=1S/C11H16O2S/c1-3-14-8-10(12)9-6-4-5-7-11(9)13-2/h4-7,10,12H,3,8H2,1-2H3. The molecular formula is C11H16O2S. The van der Waals surface area contributed by atoms with E-state index in [9.17, 15) is 5.11 Å². The first kappa shape index (κ1) is 11.4. The van der Waals surface area contributed by atoms with Gasteiger partial charge in [0.25, 0.3) is 0 Å². The van der Waals surface area contributed by atoms with Gasteiger partial charge in [-0.2, -0.15) is 11.8 Å². The zero-order valence-corrected chi connectivity index (χ0v) is 9.38. The van der Waals surface area contributed by atoms with Crippen LogP contribution in [-0.2, 0) is 0 Å². The number of hydrogen-bond acceptors (Lipinski definition) is 3. The van der Waals surface area contributed by atoms with Gasteiger partial charge in [-0.25, -0.2) is 0 Å². The first-order valence-corrected chi connectivity index (χ1v) is 5.83. The van der Waals surface area contributed by atoms with Gasteiger partial charge in [0.2, 0.25) is 0 Å². The average molecular weight is 212 g/mol. The van der Waals surface area contributed by atoms with Gasteiger partial charge < -0.3 is 9.84 Å². The van der Waals surface area contributed by atoms with Crippen molar-refractivity contribution in [2.24, 2.45) is 0 Å². The Bertz CT molecular complexity index is 276. The van der Waals surface area contributed by atoms with Crippen molar-refractivity contribution in [2.75, 3.05) is 18.6 Å². The maximum Gasteiger partial charge on any atom is 0.124 e. The van der Waals surface area contributed by atoms with Crippen molar-refractivity contribution >= 4 is 11.8 Å². The second-order valence-corrected chi connectivity index (χ2v) is 4.24. The lowest BCUT2D eigenvalue weighted by atomic mass is 10.1. The highest BCUT2D eigenvalue weighted by atomic mass is 32.2. The lowest BCUT2D eigenvalue weighted by Crippen LogP contribution is -2.03. The summed E-state index contributed by atoms with van der Waals surface area (Å²) >= 11 is 1.72. The van der Waals surface area contributed by atoms with Crippen LogP contribution in [0.25, 0.3) is 0 Å². The predicted molar refractivity (Wildman–Crippen MR) is 61.0 cm³/mol. The van der Waals surface area contributed by atoms with Crippen LogP contribution in [-0.4, -0.2) is 23.7 Å². The SMILES string of the molecule is CCSCC(O)c1ccccc1OC. The normalized spacial score (nSPS) is 12.5. The minimum Gasteiger partial charge on any atom is -0.496 e. The Balaban J connectivity index is 2.72. The number of aliphatic hydroxyl groups is 1. The number of thioether (sulfide) groups is 1. The average Bonchev–Trinajstić information content (AvgIpc) is 2.25. The molecule has 0 saturated carbocycles. The van der Waals surface area contributed by atoms with E-state index in [4.69, 9.17) is 4.74 Å². The number of rotatable bonds is 5. The topological polar surface area (TPSA) is 29.5 Å². The van der Waals surface area contributed by atoms with Crippen LogP contribution in [0.2, 0.25) is 0 Å². The molecule has 3 heteroatoms. The second-order valence-electron chi connectivity index (χ2n) is 2.92. The van der Waals surface area contributed by atoms with Crippen molar-refractivity contribution in [1.29, 1.82) is 0 Å². The van der Waals surface area contributed by atoms with E-state index in [1.165, 1.54) is 0 Å². The molecular weight excluding hydrogens is 196 g/mol. The van der Waals surface area contributed by atoms with Crippen molar-refractivity contribution in [3.63, 3.8) is 0 Å². The van der Waals surface area contributed by atoms with E-state index >= 15 is 0 Å². The van der Waals surface area contributed by atoms with Crippen molar-refractivity contribution < 1.29 is 9.84 Å². The molecule has 0 saturated heterocycles. The molecule has 0 aliphatic heterocycles. The molecule has 1 N–H and O–H groups in total. The summed E-state index contributed by atoms with van der Waals surface area (Å²) in [6.45, 7) is 2.08. The minimum atomic E-state index is -0.434. The lowest BCUT2D eigenvalue weighted by molar-refractivity contribution is 0.199. The molecule has 0 heterocycles. The molecule has 0 fully saturated rings. The zero-order valence-electron chi connectivity index (χ0n) is 8.56. The number of hydrogen-bond donors (Lipinski definition) is 1. The monoisotopic (exact) mass is 212 g/mol. The molecule has 0 aliphatic rings. The van der Waals surface area contributed by atoms with Gasteiger partial charge in [-0.05, 0) is 11.8 Å². The van der Waals surface area contributed by atoms with Crippen LogP contribution in [0.4, 0.5) is 0 Å². The highest BCUT2D eigenvalue weighted by Crippen LogP contribution is 2.26. The first-order valence-electron chi connectivity index (χ1n) is 4.68. The van der Waals surface area contributed by atoms with Gasteiger partial charge in [0.05, 0.1) is 13.2 Å². The third-order valence-electron chi connectivity index (χ3n) is 1.98. The maximum atomic E-state index is 9.86. The number of methoxy groups -OCH3 is 1. The van der Waals surface area contributed by atoms with E-state index in [2.05, 4.69) is 6.92 Å². The van der Waals surface area contributed by atoms with Gasteiger partial charge in [-0.3, -0.25) is 0 Å². The Morgan fingerprint density at radius 2 is 2.14 bits per heavy atom. The van der Waals surface area contributed by atoms with Gasteiger partial charge >= 0.3 is 0 Å². The van der Waals surface area contributed by atoms with Crippen LogP contribution >= 0.6 is 11.8 Å². The molecule has 14 heavy (non-hydrogen) atoms. The molecule has 1 unspecified atom stereocenters. The van der Waals surface area contributed by atoms with Gasteiger partial charge in [-0.1, -0.05) is 25.1 Å². The van der Waals surface area contributed by atoms with Crippen molar-refractivity contribution in [1.82, 2.24) is 0 Å². The van der Waals surface area contributed by atoms with Crippen LogP contribution in [0.15, 0.2) is 24.3 Å². The van der Waals surface area contributed by atoms with E-state index in [1.807, 2.05) is 24.3 Å². The highest BCUT2D eigenvalue weighted by molar-refractivity contribution is 7.99. The fourth-order valence-electron chi connectivity index (χ4n) is 1.26. The number of ether oxygens (including phenoxy) is 1. The Morgan fingerprint density at radius 3 is 2.79 bits per heavy atom. The summed E-state index contributed by atoms with van der Waals surface area (Å²) in [5.74, 6) is 2.50. The summed E-state index contributed by atoms with van der Waals surface area (Å²) in [5.41, 5.74) is 0.871. The van der Waals surface area contributed by atoms with E-state index in [1.54, 1.807) is 18.9 Å². The van der Waals surface area contributed by atoms with E-state index < -0.39 is 6.10 Å². The molecule has 1 aromatic carbocycles. The van der Waals surface area contributed by atoms with Crippen molar-refractivity contribution in [2.45, 2.75) is 13.0 Å². The Morgan fingerprint density at radius 1 is 1.43 bits per heavy atom. The number of benzene rings is 1. The fraction of sp³-hybridized carbons (Fsp3) is 0.455. The molecule has 0 aliphatic carbocycles. The molecule has 0 spiro atoms. The summed E-state index contributed by atoms with van der Waals surface area (Å²) in [6.07, 6.45) is -0.434. The molecule has 78 valence electrons. The summed E-state index contributed by atoms with van der Waals surface area (Å²) in [5, 5.41) is 9.86. The van der Waals surface area contributed by atoms with Crippen LogP contribution in [0.1, 0.15) is 18.6 Å². The smallest absolute Gasteiger partial charge is 0.124 e. The van der Waals surface area contributed by atoms with E-state index in [0.29, 0.717) is 0 Å². The molecule has 0 amide bonds. The summed E-state index contributed by atoms with van der Waals surface area (Å²) < 4.78 is 5.18. The van der Waals surface area contributed by atoms with Crippen LogP contribution in [0.3, 0.4) is 0 Å². The van der Waals surface area contributed by atoms with E-state index in [0.717, 1.165) is 22.8 Å². The van der Waals surface area contributed by atoms with Crippen molar-refractivity contribution in [3.8, 4) is 5.75 Å². The first-order chi connectivity index (χ1) is 6.79. The number of para-hydroxylation sites is 1. The molecule has 1 aromatic rings. The predicted octanol–water partition coefficient (Wildman–Crippen LogP) is 2.48. The Kier molecular flexibility index (Phi) is 4.84. The number of aliphatic hydroxyl groups excluding tert-OH is 1. The largest absolute Gasteiger partial charge is 0.496 e. The molecule has 0 aromatic heterocycles. The second kappa shape index (κ2) is 5.94. The van der Waals surface area contributed by atoms with Crippen LogP contribution in [0, 0.1) is 0 Å². The molecule has 2 nitrogen and oxygen atoms in total. The minimum absolute atomic E-state index is 0.434. The lowest BCUT2D eigenvalue weighted by Gasteiger charge is -2.13. The van der Waals surface area contributed by atoms with Gasteiger partial charge in [0.1, 0.15) is 5.75 Å². The van der Waals surface area contributed by atoms with Crippen LogP contribution in [0.5, 0.6) is 5.75 Å². The summed E-state index contributed by atoms with van der Waals surface area (Å²) in [6, 6.07) is 7.59. The van der Waals surface area contributed by atoms with Gasteiger partial charge in [0.15, 0.2) is 0 Å². The Labute approximate surface area is 89.3 Å². The zero-order chi connectivity index (χ0) is 10.4. The molecule has 0 bridgehead atoms. The Hall–Kier alpha value is -0.670. The van der Waals surface area contributed by atoms with Crippen molar-refractivity contribution in [3.05, 3.63) is 29.8 Å². The fourth-order valence-corrected chi connectivity index (χ4v) is 1.90. The quantitative estimate of drug-likeness (QED) is 0.813. The third kappa shape index (κ3) is 2.93. The van der Waals surface area contributed by atoms with E-state index in [-0.39, 0.29) is 0 Å². The molecule has 1 atom stereocenters. The molecule has 1 rings (SSSR count). The third-order valence-corrected chi connectivity index (χ3v) is 2.94. The summed E-state index contributed by atoms with van der Waals surface area (Å²) in [7, 11) is 1.62. The molecule has 0 radical (unpaired) electrons. The van der Waals surface area contributed by atoms with Gasteiger partial charge in [0, 0.05) is 11.3 Å². The summed E-state index contributed by atoms with van der Waals surface area (Å²) in [4.78, 5) is 0. The highest BCUT2D eigenvalue weighted by Gasteiger charge is 2.11.